The Labute approximate surface area is 395 Å². The molecule has 4 rings (SSSR count). The molecule has 0 spiro atoms. The summed E-state index contributed by atoms with van der Waals surface area (Å²) in [5, 5.41) is 5.94. The maximum absolute atomic E-state index is 13.8. The van der Waals surface area contributed by atoms with E-state index in [0.717, 1.165) is 24.8 Å². The molecule has 6 atom stereocenters. The summed E-state index contributed by atoms with van der Waals surface area (Å²) >= 11 is 6.37. The van der Waals surface area contributed by atoms with Gasteiger partial charge in [0.1, 0.15) is 29.8 Å². The van der Waals surface area contributed by atoms with Crippen LogP contribution in [-0.4, -0.2) is 120 Å². The van der Waals surface area contributed by atoms with Gasteiger partial charge < -0.3 is 48.5 Å². The Morgan fingerprint density at radius 1 is 0.848 bits per heavy atom. The molecule has 2 amide bonds. The van der Waals surface area contributed by atoms with Crippen LogP contribution in [0.25, 0.3) is 0 Å². The van der Waals surface area contributed by atoms with Crippen molar-refractivity contribution in [2.24, 2.45) is 17.3 Å². The number of nitrogens with one attached hydrogen (secondary N) is 2. The van der Waals surface area contributed by atoms with Crippen LogP contribution in [0.2, 0.25) is 5.02 Å². The van der Waals surface area contributed by atoms with E-state index in [1.807, 2.05) is 20.8 Å². The van der Waals surface area contributed by atoms with E-state index in [1.165, 1.54) is 18.7 Å². The van der Waals surface area contributed by atoms with E-state index in [9.17, 15) is 24.0 Å². The van der Waals surface area contributed by atoms with E-state index in [4.69, 9.17) is 49.5 Å². The van der Waals surface area contributed by atoms with Crippen LogP contribution in [0.1, 0.15) is 96.4 Å². The minimum absolute atomic E-state index is 0.00576. The number of hydrogen-bond acceptors (Lipinski definition) is 13. The van der Waals surface area contributed by atoms with Gasteiger partial charge in [-0.3, -0.25) is 19.2 Å². The summed E-state index contributed by atoms with van der Waals surface area (Å²) in [6.07, 6.45) is 4.28. The molecule has 0 aliphatic carbocycles. The molecule has 1 fully saturated rings. The second-order valence-electron chi connectivity index (χ2n) is 18.0. The molecule has 0 radical (unpaired) electrons. The first kappa shape index (κ1) is 54.2. The van der Waals surface area contributed by atoms with Crippen LogP contribution in [0.3, 0.4) is 0 Å². The van der Waals surface area contributed by atoms with Crippen molar-refractivity contribution in [2.45, 2.75) is 117 Å². The molecule has 2 aliphatic rings. The summed E-state index contributed by atoms with van der Waals surface area (Å²) in [7, 11) is 1.50. The summed E-state index contributed by atoms with van der Waals surface area (Å²) in [6, 6.07) is 12.4. The van der Waals surface area contributed by atoms with Gasteiger partial charge in [0.25, 0.3) is 0 Å². The first-order valence-corrected chi connectivity index (χ1v) is 23.5. The predicted octanol–water partition coefficient (Wildman–Crippen LogP) is 6.49. The van der Waals surface area contributed by atoms with Crippen molar-refractivity contribution in [1.82, 2.24) is 10.6 Å². The second-order valence-corrected chi connectivity index (χ2v) is 18.4. The molecule has 0 bridgehead atoms. The van der Waals surface area contributed by atoms with Crippen LogP contribution in [0.4, 0.5) is 0 Å². The summed E-state index contributed by atoms with van der Waals surface area (Å²) in [6.45, 7) is 14.4. The van der Waals surface area contributed by atoms with Gasteiger partial charge in [0, 0.05) is 38.3 Å². The number of benzene rings is 2. The number of cyclic esters (lactones) is 2. The topological polar surface area (TPSA) is 187 Å². The Kier molecular flexibility index (Phi) is 23.1. The fourth-order valence-electron chi connectivity index (χ4n) is 7.21. The molecule has 66 heavy (non-hydrogen) atoms. The molecule has 2 N–H and O–H groups in total. The molecule has 0 saturated carbocycles. The molecule has 2 aliphatic heterocycles. The highest BCUT2D eigenvalue weighted by atomic mass is 35.5. The van der Waals surface area contributed by atoms with E-state index in [2.05, 4.69) is 34.9 Å². The Bertz CT molecular complexity index is 1890. The Hall–Kier alpha value is -4.38. The number of Topliss-reactive ketones (excluding diaryl/α,β-unsaturated/α-hetero) is 1. The average Bonchev–Trinajstić information content (AvgIpc) is 4.08. The number of amides is 2. The highest BCUT2D eigenvalue weighted by Crippen LogP contribution is 2.45. The lowest BCUT2D eigenvalue weighted by Gasteiger charge is -2.29. The molecule has 0 aromatic heterocycles. The first-order chi connectivity index (χ1) is 31.6. The third-order valence-corrected chi connectivity index (χ3v) is 11.6. The largest absolute Gasteiger partial charge is 0.495 e. The van der Waals surface area contributed by atoms with Gasteiger partial charge in [-0.15, -0.1) is 0 Å². The van der Waals surface area contributed by atoms with Gasteiger partial charge in [0.05, 0.1) is 69.9 Å². The Morgan fingerprint density at radius 2 is 1.48 bits per heavy atom. The number of carbonyl (C=O) groups is 5. The van der Waals surface area contributed by atoms with Gasteiger partial charge in [0.2, 0.25) is 11.8 Å². The SMILES string of the molecule is COc1ccc(C[C@H]2NC(=O)/C=C/C[C@@H]([C@H](C)[C@H]3O[C@@H]3c3ccc(CCCCOCCOCCOCCOCCC(C)=O)cc3)OC(=O)[C@H](CC(C)C)OC(=O)C(C)(C)CNC2=O)cc1Cl. The number of halogens is 1. The van der Waals surface area contributed by atoms with Crippen molar-refractivity contribution in [1.29, 1.82) is 0 Å². The van der Waals surface area contributed by atoms with E-state index < -0.39 is 47.4 Å². The number of carbonyl (C=O) groups excluding carboxylic acids is 5. The standard InChI is InChI=1S/C50H71ClN2O13/c1-33(2)29-43-48(57)64-41(12-10-13-44(55)53-40(31-37-16-19-42(59-7)39(51)30-37)47(56)52-32-50(5,6)49(58)65-43)35(4)45-46(66-45)38-17-14-36(15-18-38)11-8-9-21-60-23-25-62-27-28-63-26-24-61-22-20-34(3)54/h10,13-19,30,33,35,40-41,43,45-46H,8-9,11-12,20-29,31-32H2,1-7H3,(H,52,56)(H,53,55)/b13-10+/t35-,40+,41-,43-,45+,46+/m0/s1. The quantitative estimate of drug-likeness (QED) is 0.0626. The molecule has 2 aromatic rings. The van der Waals surface area contributed by atoms with Crippen LogP contribution < -0.4 is 15.4 Å². The van der Waals surface area contributed by atoms with Crippen LogP contribution in [0.15, 0.2) is 54.6 Å². The van der Waals surface area contributed by atoms with Crippen LogP contribution in [0.5, 0.6) is 5.75 Å². The number of epoxide rings is 1. The lowest BCUT2D eigenvalue weighted by molar-refractivity contribution is -0.179. The summed E-state index contributed by atoms with van der Waals surface area (Å²) in [5.41, 5.74) is 1.67. The highest BCUT2D eigenvalue weighted by molar-refractivity contribution is 6.32. The number of unbranched alkanes of at least 4 members (excludes halogenated alkanes) is 1. The molecule has 15 nitrogen and oxygen atoms in total. The number of esters is 2. The molecular formula is C50H71ClN2O13. The molecular weight excluding hydrogens is 872 g/mol. The van der Waals surface area contributed by atoms with E-state index in [0.29, 0.717) is 75.6 Å². The molecule has 366 valence electrons. The number of hydrogen-bond donors (Lipinski definition) is 2. The highest BCUT2D eigenvalue weighted by Gasteiger charge is 2.48. The number of ketones is 1. The van der Waals surface area contributed by atoms with Crippen molar-refractivity contribution >= 4 is 41.1 Å². The maximum Gasteiger partial charge on any atom is 0.347 e. The molecule has 2 heterocycles. The van der Waals surface area contributed by atoms with Crippen molar-refractivity contribution in [3.05, 3.63) is 76.3 Å². The Balaban J connectivity index is 1.30. The van der Waals surface area contributed by atoms with Crippen LogP contribution >= 0.6 is 11.6 Å². The maximum atomic E-state index is 13.8. The second kappa shape index (κ2) is 28.1. The van der Waals surface area contributed by atoms with Crippen molar-refractivity contribution in [3.63, 3.8) is 0 Å². The fraction of sp³-hybridized carbons (Fsp3) is 0.620. The monoisotopic (exact) mass is 942 g/mol. The van der Waals surface area contributed by atoms with E-state index in [1.54, 1.807) is 45.0 Å². The Morgan fingerprint density at radius 3 is 2.11 bits per heavy atom. The molecule has 2 aromatic carbocycles. The third kappa shape index (κ3) is 19.1. The normalized spacial score (nSPS) is 22.5. The lowest BCUT2D eigenvalue weighted by atomic mass is 9.92. The fourth-order valence-corrected chi connectivity index (χ4v) is 7.49. The smallest absolute Gasteiger partial charge is 0.347 e. The number of methoxy groups -OCH3 is 1. The third-order valence-electron chi connectivity index (χ3n) is 11.3. The van der Waals surface area contributed by atoms with Gasteiger partial charge in [-0.05, 0) is 87.3 Å². The number of ether oxygens (including phenoxy) is 8. The number of rotatable bonds is 25. The lowest BCUT2D eigenvalue weighted by Crippen LogP contribution is -2.51. The van der Waals surface area contributed by atoms with Crippen LogP contribution in [-0.2, 0) is 70.0 Å². The van der Waals surface area contributed by atoms with Crippen molar-refractivity contribution in [3.8, 4) is 5.75 Å². The van der Waals surface area contributed by atoms with Gasteiger partial charge in [0.15, 0.2) is 6.10 Å². The summed E-state index contributed by atoms with van der Waals surface area (Å²) in [5.74, 6) is -2.10. The van der Waals surface area contributed by atoms with Gasteiger partial charge in [-0.25, -0.2) is 4.79 Å². The van der Waals surface area contributed by atoms with Crippen molar-refractivity contribution in [2.75, 3.05) is 66.5 Å². The number of aryl methyl sites for hydroxylation is 1. The summed E-state index contributed by atoms with van der Waals surface area (Å²) < 4.78 is 45.5. The van der Waals surface area contributed by atoms with E-state index in [-0.39, 0.29) is 55.6 Å². The first-order valence-electron chi connectivity index (χ1n) is 23.1. The van der Waals surface area contributed by atoms with Crippen molar-refractivity contribution < 1.29 is 61.9 Å². The zero-order chi connectivity index (χ0) is 48.1. The van der Waals surface area contributed by atoms with Gasteiger partial charge >= 0.3 is 11.9 Å². The predicted molar refractivity (Wildman–Crippen MR) is 248 cm³/mol. The minimum atomic E-state index is -1.23. The van der Waals surface area contributed by atoms with Gasteiger partial charge in [-0.1, -0.05) is 68.8 Å². The summed E-state index contributed by atoms with van der Waals surface area (Å²) in [4.78, 5) is 65.3. The zero-order valence-corrected chi connectivity index (χ0v) is 40.5. The average molecular weight is 944 g/mol. The van der Waals surface area contributed by atoms with E-state index >= 15 is 0 Å². The zero-order valence-electron chi connectivity index (χ0n) is 39.7. The molecule has 16 heteroatoms. The molecule has 0 unspecified atom stereocenters. The van der Waals surface area contributed by atoms with Gasteiger partial charge in [-0.2, -0.15) is 0 Å². The van der Waals surface area contributed by atoms with Crippen LogP contribution in [0, 0.1) is 17.3 Å². The minimum Gasteiger partial charge on any atom is -0.495 e. The molecule has 1 saturated heterocycles.